The highest BCUT2D eigenvalue weighted by molar-refractivity contribution is 5.50. The number of hydrogen-bond donors (Lipinski definition) is 1. The van der Waals surface area contributed by atoms with Gasteiger partial charge in [-0.15, -0.1) is 0 Å². The van der Waals surface area contributed by atoms with E-state index in [0.29, 0.717) is 6.54 Å². The van der Waals surface area contributed by atoms with Crippen molar-refractivity contribution in [1.82, 2.24) is 9.97 Å². The number of hydrogen-bond acceptors (Lipinski definition) is 5. The smallest absolute Gasteiger partial charge is 0.231 e. The van der Waals surface area contributed by atoms with Gasteiger partial charge < -0.3 is 15.2 Å². The fraction of sp³-hybridized carbons (Fsp3) is 0.286. The first-order valence-corrected chi connectivity index (χ1v) is 6.16. The van der Waals surface area contributed by atoms with Gasteiger partial charge in [-0.3, -0.25) is 0 Å². The van der Waals surface area contributed by atoms with Crippen molar-refractivity contribution in [1.29, 1.82) is 0 Å². The van der Waals surface area contributed by atoms with E-state index in [0.717, 1.165) is 28.5 Å². The molecule has 19 heavy (non-hydrogen) atoms. The van der Waals surface area contributed by atoms with Crippen LogP contribution in [-0.2, 0) is 0 Å². The molecule has 1 aromatic heterocycles. The molecule has 1 aromatic carbocycles. The van der Waals surface area contributed by atoms with Crippen LogP contribution >= 0.6 is 0 Å². The molecule has 1 atom stereocenters. The van der Waals surface area contributed by atoms with Crippen LogP contribution in [0.25, 0.3) is 0 Å². The van der Waals surface area contributed by atoms with Crippen molar-refractivity contribution < 1.29 is 9.47 Å². The standard InChI is InChI=1S/C14H15N3O2/c1-9-5-12-13(19-8-18-12)6-10(9)11(7-15)14-16-3-2-4-17-14/h2-6,11H,7-8,15H2,1H3. The fourth-order valence-electron chi connectivity index (χ4n) is 2.30. The minimum absolute atomic E-state index is 0.0318. The van der Waals surface area contributed by atoms with Gasteiger partial charge in [-0.25, -0.2) is 9.97 Å². The molecule has 3 rings (SSSR count). The minimum atomic E-state index is -0.0318. The molecule has 0 spiro atoms. The minimum Gasteiger partial charge on any atom is -0.454 e. The van der Waals surface area contributed by atoms with Gasteiger partial charge in [0.1, 0.15) is 5.82 Å². The molecule has 0 saturated carbocycles. The predicted octanol–water partition coefficient (Wildman–Crippen LogP) is 1.60. The van der Waals surface area contributed by atoms with Gasteiger partial charge >= 0.3 is 0 Å². The summed E-state index contributed by atoms with van der Waals surface area (Å²) in [5.41, 5.74) is 8.08. The zero-order valence-corrected chi connectivity index (χ0v) is 10.7. The van der Waals surface area contributed by atoms with E-state index in [9.17, 15) is 0 Å². The lowest BCUT2D eigenvalue weighted by molar-refractivity contribution is 0.174. The van der Waals surface area contributed by atoms with Gasteiger partial charge in [0.25, 0.3) is 0 Å². The molecule has 1 aliphatic rings. The largest absolute Gasteiger partial charge is 0.454 e. The van der Waals surface area contributed by atoms with Crippen LogP contribution in [0, 0.1) is 6.92 Å². The average molecular weight is 257 g/mol. The van der Waals surface area contributed by atoms with E-state index in [1.54, 1.807) is 18.5 Å². The van der Waals surface area contributed by atoms with E-state index in [1.807, 2.05) is 19.1 Å². The van der Waals surface area contributed by atoms with Crippen molar-refractivity contribution in [2.45, 2.75) is 12.8 Å². The van der Waals surface area contributed by atoms with Crippen molar-refractivity contribution in [3.8, 4) is 11.5 Å². The summed E-state index contributed by atoms with van der Waals surface area (Å²) in [7, 11) is 0. The number of nitrogens with two attached hydrogens (primary N) is 1. The van der Waals surface area contributed by atoms with Gasteiger partial charge in [-0.1, -0.05) is 0 Å². The van der Waals surface area contributed by atoms with Crippen molar-refractivity contribution in [2.24, 2.45) is 5.73 Å². The molecule has 0 saturated heterocycles. The number of ether oxygens (including phenoxy) is 2. The number of benzene rings is 1. The number of aromatic nitrogens is 2. The molecular formula is C14H15N3O2. The zero-order valence-electron chi connectivity index (χ0n) is 10.7. The summed E-state index contributed by atoms with van der Waals surface area (Å²) in [5, 5.41) is 0. The second-order valence-electron chi connectivity index (χ2n) is 4.46. The third-order valence-corrected chi connectivity index (χ3v) is 3.27. The summed E-state index contributed by atoms with van der Waals surface area (Å²) in [6.07, 6.45) is 3.46. The van der Waals surface area contributed by atoms with Crippen LogP contribution < -0.4 is 15.2 Å². The molecule has 0 aliphatic carbocycles. The van der Waals surface area contributed by atoms with Crippen LogP contribution in [0.5, 0.6) is 11.5 Å². The Morgan fingerprint density at radius 2 is 1.89 bits per heavy atom. The molecule has 1 unspecified atom stereocenters. The second-order valence-corrected chi connectivity index (χ2v) is 4.46. The van der Waals surface area contributed by atoms with Gasteiger partial charge in [0.15, 0.2) is 11.5 Å². The Hall–Kier alpha value is -2.14. The SMILES string of the molecule is Cc1cc2c(cc1C(CN)c1ncccn1)OCO2. The van der Waals surface area contributed by atoms with Crippen molar-refractivity contribution in [2.75, 3.05) is 13.3 Å². The van der Waals surface area contributed by atoms with E-state index in [4.69, 9.17) is 15.2 Å². The van der Waals surface area contributed by atoms with Crippen molar-refractivity contribution >= 4 is 0 Å². The van der Waals surface area contributed by atoms with E-state index in [2.05, 4.69) is 9.97 Å². The molecule has 0 fully saturated rings. The number of aryl methyl sites for hydroxylation is 1. The third-order valence-electron chi connectivity index (χ3n) is 3.27. The molecule has 2 N–H and O–H groups in total. The quantitative estimate of drug-likeness (QED) is 0.904. The summed E-state index contributed by atoms with van der Waals surface area (Å²) in [6.45, 7) is 2.75. The Labute approximate surface area is 111 Å². The first-order valence-electron chi connectivity index (χ1n) is 6.16. The van der Waals surface area contributed by atoms with Crippen LogP contribution in [0.15, 0.2) is 30.6 Å². The van der Waals surface area contributed by atoms with Crippen LogP contribution in [0.1, 0.15) is 22.9 Å². The Morgan fingerprint density at radius 3 is 2.58 bits per heavy atom. The first-order chi connectivity index (χ1) is 9.29. The lowest BCUT2D eigenvalue weighted by atomic mass is 9.93. The predicted molar refractivity (Wildman–Crippen MR) is 70.2 cm³/mol. The molecule has 0 radical (unpaired) electrons. The first kappa shape index (κ1) is 11.9. The number of fused-ring (bicyclic) bond motifs is 1. The van der Waals surface area contributed by atoms with Crippen molar-refractivity contribution in [3.05, 3.63) is 47.5 Å². The van der Waals surface area contributed by atoms with Gasteiger partial charge in [0.2, 0.25) is 6.79 Å². The van der Waals surface area contributed by atoms with Crippen molar-refractivity contribution in [3.63, 3.8) is 0 Å². The summed E-state index contributed by atoms with van der Waals surface area (Å²) >= 11 is 0. The van der Waals surface area contributed by atoms with Gasteiger partial charge in [0, 0.05) is 18.9 Å². The maximum Gasteiger partial charge on any atom is 0.231 e. The molecule has 1 aliphatic heterocycles. The maximum atomic E-state index is 5.90. The Bertz CT molecular complexity index is 587. The molecule has 0 amide bonds. The summed E-state index contributed by atoms with van der Waals surface area (Å²) < 4.78 is 10.8. The molecule has 2 aromatic rings. The molecule has 5 nitrogen and oxygen atoms in total. The van der Waals surface area contributed by atoms with Crippen LogP contribution in [0.2, 0.25) is 0 Å². The highest BCUT2D eigenvalue weighted by atomic mass is 16.7. The molecule has 5 heteroatoms. The third kappa shape index (κ3) is 2.13. The summed E-state index contributed by atoms with van der Waals surface area (Å²) in [4.78, 5) is 8.60. The van der Waals surface area contributed by atoms with Gasteiger partial charge in [-0.05, 0) is 36.2 Å². The molecule has 2 heterocycles. The molecular weight excluding hydrogens is 242 g/mol. The average Bonchev–Trinajstić information content (AvgIpc) is 2.88. The Morgan fingerprint density at radius 1 is 1.21 bits per heavy atom. The fourth-order valence-corrected chi connectivity index (χ4v) is 2.30. The van der Waals surface area contributed by atoms with Crippen LogP contribution in [0.4, 0.5) is 0 Å². The zero-order chi connectivity index (χ0) is 13.2. The van der Waals surface area contributed by atoms with E-state index >= 15 is 0 Å². The highest BCUT2D eigenvalue weighted by Gasteiger charge is 2.22. The van der Waals surface area contributed by atoms with E-state index < -0.39 is 0 Å². The summed E-state index contributed by atoms with van der Waals surface area (Å²) in [5.74, 6) is 2.24. The van der Waals surface area contributed by atoms with Gasteiger partial charge in [0.05, 0.1) is 5.92 Å². The lowest BCUT2D eigenvalue weighted by Gasteiger charge is -2.16. The number of nitrogens with zero attached hydrogens (tertiary/aromatic N) is 2. The monoisotopic (exact) mass is 257 g/mol. The van der Waals surface area contributed by atoms with Crippen LogP contribution in [-0.4, -0.2) is 23.3 Å². The Kier molecular flexibility index (Phi) is 3.05. The maximum absolute atomic E-state index is 5.90. The normalized spacial score (nSPS) is 14.4. The van der Waals surface area contributed by atoms with Gasteiger partial charge in [-0.2, -0.15) is 0 Å². The highest BCUT2D eigenvalue weighted by Crippen LogP contribution is 2.37. The summed E-state index contributed by atoms with van der Waals surface area (Å²) in [6, 6.07) is 5.75. The van der Waals surface area contributed by atoms with E-state index in [1.165, 1.54) is 0 Å². The molecule has 0 bridgehead atoms. The molecule has 98 valence electrons. The Balaban J connectivity index is 2.05. The lowest BCUT2D eigenvalue weighted by Crippen LogP contribution is -2.17. The van der Waals surface area contributed by atoms with Crippen LogP contribution in [0.3, 0.4) is 0 Å². The number of rotatable bonds is 3. The topological polar surface area (TPSA) is 70.3 Å². The van der Waals surface area contributed by atoms with E-state index in [-0.39, 0.29) is 12.7 Å². The second kappa shape index (κ2) is 4.85.